The summed E-state index contributed by atoms with van der Waals surface area (Å²) in [4.78, 5) is 15.6. The molecule has 5 nitrogen and oxygen atoms in total. The van der Waals surface area contributed by atoms with Gasteiger partial charge in [0.25, 0.3) is 5.91 Å². The van der Waals surface area contributed by atoms with Gasteiger partial charge in [-0.25, -0.2) is 0 Å². The SMILES string of the molecule is COCCN(c1ccc(C(=O)N(C)C)cc1N)C(C)C. The highest BCUT2D eigenvalue weighted by atomic mass is 16.5. The van der Waals surface area contributed by atoms with E-state index in [0.717, 1.165) is 12.2 Å². The van der Waals surface area contributed by atoms with Gasteiger partial charge in [0.05, 0.1) is 18.0 Å². The highest BCUT2D eigenvalue weighted by molar-refractivity contribution is 5.95. The Labute approximate surface area is 121 Å². The van der Waals surface area contributed by atoms with Gasteiger partial charge >= 0.3 is 0 Å². The Morgan fingerprint density at radius 2 is 2.00 bits per heavy atom. The first-order valence-corrected chi connectivity index (χ1v) is 6.75. The summed E-state index contributed by atoms with van der Waals surface area (Å²) in [6.45, 7) is 5.61. The van der Waals surface area contributed by atoms with Crippen LogP contribution in [0.4, 0.5) is 11.4 Å². The number of carbonyl (C=O) groups excluding carboxylic acids is 1. The standard InChI is InChI=1S/C15H25N3O2/c1-11(2)18(8-9-20-5)14-7-6-12(10-13(14)16)15(19)17(3)4/h6-7,10-11H,8-9,16H2,1-5H3. The zero-order valence-corrected chi connectivity index (χ0v) is 13.0. The van der Waals surface area contributed by atoms with Crippen molar-refractivity contribution in [1.29, 1.82) is 0 Å². The third-order valence-corrected chi connectivity index (χ3v) is 3.15. The first-order valence-electron chi connectivity index (χ1n) is 6.75. The predicted molar refractivity (Wildman–Crippen MR) is 83.2 cm³/mol. The fourth-order valence-electron chi connectivity index (χ4n) is 2.05. The van der Waals surface area contributed by atoms with Crippen LogP contribution in [0.2, 0.25) is 0 Å². The first kappa shape index (κ1) is 16.3. The van der Waals surface area contributed by atoms with Crippen LogP contribution in [-0.2, 0) is 4.74 Å². The van der Waals surface area contributed by atoms with E-state index >= 15 is 0 Å². The number of ether oxygens (including phenoxy) is 1. The number of benzene rings is 1. The van der Waals surface area contributed by atoms with Crippen molar-refractivity contribution in [3.63, 3.8) is 0 Å². The molecule has 0 aliphatic heterocycles. The maximum absolute atomic E-state index is 11.9. The van der Waals surface area contributed by atoms with Gasteiger partial charge in [0.15, 0.2) is 0 Å². The molecular weight excluding hydrogens is 254 g/mol. The van der Waals surface area contributed by atoms with Gasteiger partial charge in [-0.1, -0.05) is 0 Å². The number of hydrogen-bond donors (Lipinski definition) is 1. The number of rotatable bonds is 6. The Kier molecular flexibility index (Phi) is 5.82. The van der Waals surface area contributed by atoms with Crippen molar-refractivity contribution in [2.45, 2.75) is 19.9 Å². The lowest BCUT2D eigenvalue weighted by atomic mass is 10.1. The molecule has 0 unspecified atom stereocenters. The highest BCUT2D eigenvalue weighted by Gasteiger charge is 2.15. The van der Waals surface area contributed by atoms with Crippen LogP contribution in [-0.4, -0.2) is 51.2 Å². The minimum atomic E-state index is -0.0451. The number of nitrogens with two attached hydrogens (primary N) is 1. The summed E-state index contributed by atoms with van der Waals surface area (Å²) in [6.07, 6.45) is 0. The maximum Gasteiger partial charge on any atom is 0.253 e. The average molecular weight is 279 g/mol. The van der Waals surface area contributed by atoms with E-state index in [-0.39, 0.29) is 5.91 Å². The van der Waals surface area contributed by atoms with Crippen molar-refractivity contribution >= 4 is 17.3 Å². The quantitative estimate of drug-likeness (QED) is 0.807. The van der Waals surface area contributed by atoms with Gasteiger partial charge in [-0.2, -0.15) is 0 Å². The Morgan fingerprint density at radius 1 is 1.35 bits per heavy atom. The molecule has 0 spiro atoms. The predicted octanol–water partition coefficient (Wildman–Crippen LogP) is 1.83. The highest BCUT2D eigenvalue weighted by Crippen LogP contribution is 2.26. The van der Waals surface area contributed by atoms with Crippen LogP contribution in [0, 0.1) is 0 Å². The third kappa shape index (κ3) is 3.87. The molecule has 1 aromatic rings. The van der Waals surface area contributed by atoms with E-state index in [9.17, 15) is 4.79 Å². The Morgan fingerprint density at radius 3 is 2.45 bits per heavy atom. The molecule has 0 saturated carbocycles. The van der Waals surface area contributed by atoms with Crippen LogP contribution in [0.25, 0.3) is 0 Å². The van der Waals surface area contributed by atoms with E-state index in [1.165, 1.54) is 0 Å². The molecule has 0 aliphatic carbocycles. The molecule has 5 heteroatoms. The van der Waals surface area contributed by atoms with Gasteiger partial charge in [0.1, 0.15) is 0 Å². The van der Waals surface area contributed by atoms with Crippen LogP contribution in [0.1, 0.15) is 24.2 Å². The zero-order chi connectivity index (χ0) is 15.3. The molecule has 1 rings (SSSR count). The van der Waals surface area contributed by atoms with Gasteiger partial charge in [-0.15, -0.1) is 0 Å². The fourth-order valence-corrected chi connectivity index (χ4v) is 2.05. The summed E-state index contributed by atoms with van der Waals surface area (Å²) >= 11 is 0. The molecule has 2 N–H and O–H groups in total. The van der Waals surface area contributed by atoms with E-state index < -0.39 is 0 Å². The van der Waals surface area contributed by atoms with E-state index in [2.05, 4.69) is 18.7 Å². The number of nitrogen functional groups attached to an aromatic ring is 1. The van der Waals surface area contributed by atoms with Crippen LogP contribution in [0.15, 0.2) is 18.2 Å². The summed E-state index contributed by atoms with van der Waals surface area (Å²) in [6, 6.07) is 5.76. The fraction of sp³-hybridized carbons (Fsp3) is 0.533. The number of nitrogens with zero attached hydrogens (tertiary/aromatic N) is 2. The number of hydrogen-bond acceptors (Lipinski definition) is 4. The van der Waals surface area contributed by atoms with Crippen LogP contribution >= 0.6 is 0 Å². The van der Waals surface area contributed by atoms with Crippen LogP contribution in [0.3, 0.4) is 0 Å². The molecular formula is C15H25N3O2. The summed E-state index contributed by atoms with van der Waals surface area (Å²) in [5.41, 5.74) is 8.27. The molecule has 1 aromatic carbocycles. The molecule has 0 heterocycles. The molecule has 0 aliphatic rings. The topological polar surface area (TPSA) is 58.8 Å². The van der Waals surface area contributed by atoms with Crippen LogP contribution < -0.4 is 10.6 Å². The van der Waals surface area contributed by atoms with Crippen molar-refractivity contribution in [2.75, 3.05) is 45.0 Å². The Hall–Kier alpha value is -1.75. The zero-order valence-electron chi connectivity index (χ0n) is 13.0. The lowest BCUT2D eigenvalue weighted by molar-refractivity contribution is 0.0827. The van der Waals surface area contributed by atoms with Gasteiger partial charge in [-0.05, 0) is 32.0 Å². The lowest BCUT2D eigenvalue weighted by Crippen LogP contribution is -2.34. The Bertz CT molecular complexity index is 458. The van der Waals surface area contributed by atoms with E-state index in [0.29, 0.717) is 23.9 Å². The second-order valence-corrected chi connectivity index (χ2v) is 5.25. The molecule has 1 amide bonds. The number of anilines is 2. The smallest absolute Gasteiger partial charge is 0.253 e. The van der Waals surface area contributed by atoms with E-state index in [1.807, 2.05) is 12.1 Å². The van der Waals surface area contributed by atoms with Crippen LogP contribution in [0.5, 0.6) is 0 Å². The maximum atomic E-state index is 11.9. The summed E-state index contributed by atoms with van der Waals surface area (Å²) < 4.78 is 5.13. The van der Waals surface area contributed by atoms with Crippen molar-refractivity contribution < 1.29 is 9.53 Å². The summed E-state index contributed by atoms with van der Waals surface area (Å²) in [7, 11) is 5.14. The first-order chi connectivity index (χ1) is 9.38. The normalized spacial score (nSPS) is 10.7. The second kappa shape index (κ2) is 7.14. The van der Waals surface area contributed by atoms with Crippen molar-refractivity contribution in [1.82, 2.24) is 4.90 Å². The molecule has 0 bridgehead atoms. The molecule has 0 saturated heterocycles. The molecule has 0 fully saturated rings. The number of methoxy groups -OCH3 is 1. The number of carbonyl (C=O) groups is 1. The average Bonchev–Trinajstić information content (AvgIpc) is 2.39. The summed E-state index contributed by atoms with van der Waals surface area (Å²) in [5.74, 6) is -0.0451. The van der Waals surface area contributed by atoms with Crippen molar-refractivity contribution in [2.24, 2.45) is 0 Å². The summed E-state index contributed by atoms with van der Waals surface area (Å²) in [5, 5.41) is 0. The Balaban J connectivity index is 3.04. The molecule has 0 radical (unpaired) electrons. The second-order valence-electron chi connectivity index (χ2n) is 5.25. The van der Waals surface area contributed by atoms with Crippen molar-refractivity contribution in [3.05, 3.63) is 23.8 Å². The van der Waals surface area contributed by atoms with Gasteiger partial charge < -0.3 is 20.3 Å². The minimum absolute atomic E-state index is 0.0451. The van der Waals surface area contributed by atoms with Gasteiger partial charge in [0, 0.05) is 39.4 Å². The molecule has 112 valence electrons. The largest absolute Gasteiger partial charge is 0.397 e. The monoisotopic (exact) mass is 279 g/mol. The third-order valence-electron chi connectivity index (χ3n) is 3.15. The minimum Gasteiger partial charge on any atom is -0.397 e. The van der Waals surface area contributed by atoms with E-state index in [1.54, 1.807) is 32.2 Å². The van der Waals surface area contributed by atoms with Gasteiger partial charge in [0.2, 0.25) is 0 Å². The molecule has 20 heavy (non-hydrogen) atoms. The van der Waals surface area contributed by atoms with Gasteiger partial charge in [-0.3, -0.25) is 4.79 Å². The number of amides is 1. The molecule has 0 atom stereocenters. The molecule has 0 aromatic heterocycles. The lowest BCUT2D eigenvalue weighted by Gasteiger charge is -2.30. The van der Waals surface area contributed by atoms with Crippen molar-refractivity contribution in [3.8, 4) is 0 Å². The van der Waals surface area contributed by atoms with E-state index in [4.69, 9.17) is 10.5 Å².